The van der Waals surface area contributed by atoms with E-state index in [0.717, 1.165) is 0 Å². The van der Waals surface area contributed by atoms with E-state index in [4.69, 9.17) is 0 Å². The van der Waals surface area contributed by atoms with Crippen LogP contribution in [-0.4, -0.2) is 0 Å². The summed E-state index contributed by atoms with van der Waals surface area (Å²) < 4.78 is 0. The van der Waals surface area contributed by atoms with E-state index in [1.807, 2.05) is 0 Å². The maximum Gasteiger partial charge on any atom is -0.0117 e. The fourth-order valence-electron chi connectivity index (χ4n) is 2.85. The van der Waals surface area contributed by atoms with E-state index in [9.17, 15) is 0 Å². The van der Waals surface area contributed by atoms with Gasteiger partial charge in [-0.15, -0.1) is 0 Å². The molecule has 2 aromatic rings. The minimum Gasteiger partial charge on any atom is -0.0558 e. The SMILES string of the molecule is Cc1cc(C)c(-c2c(C)c(C)cc(C)c2C)cc1C. The van der Waals surface area contributed by atoms with Crippen molar-refractivity contribution in [2.75, 3.05) is 0 Å². The van der Waals surface area contributed by atoms with Gasteiger partial charge in [0, 0.05) is 0 Å². The molecule has 0 heterocycles. The van der Waals surface area contributed by atoms with Crippen LogP contribution in [0.5, 0.6) is 0 Å². The molecule has 0 saturated heterocycles. The summed E-state index contributed by atoms with van der Waals surface area (Å²) in [4.78, 5) is 0. The lowest BCUT2D eigenvalue weighted by Gasteiger charge is -2.18. The van der Waals surface area contributed by atoms with Crippen molar-refractivity contribution in [3.8, 4) is 11.1 Å². The van der Waals surface area contributed by atoms with Crippen LogP contribution in [0.2, 0.25) is 0 Å². The van der Waals surface area contributed by atoms with Crippen LogP contribution in [0.25, 0.3) is 11.1 Å². The van der Waals surface area contributed by atoms with Crippen LogP contribution >= 0.6 is 0 Å². The Labute approximate surface area is 117 Å². The van der Waals surface area contributed by atoms with Crippen molar-refractivity contribution < 1.29 is 0 Å². The molecule has 0 N–H and O–H groups in total. The molecule has 0 unspecified atom stereocenters. The number of hydrogen-bond acceptors (Lipinski definition) is 0. The van der Waals surface area contributed by atoms with Gasteiger partial charge in [-0.1, -0.05) is 18.2 Å². The summed E-state index contributed by atoms with van der Waals surface area (Å²) in [6.07, 6.45) is 0. The maximum atomic E-state index is 2.35. The van der Waals surface area contributed by atoms with E-state index in [1.165, 1.54) is 50.1 Å². The Morgan fingerprint density at radius 3 is 1.42 bits per heavy atom. The Bertz CT molecular complexity index is 620. The molecule has 0 spiro atoms. The third kappa shape index (κ3) is 2.32. The molecule has 0 atom stereocenters. The molecule has 19 heavy (non-hydrogen) atoms. The number of rotatable bonds is 1. The predicted molar refractivity (Wildman–Crippen MR) is 85.0 cm³/mol. The van der Waals surface area contributed by atoms with E-state index in [-0.39, 0.29) is 0 Å². The van der Waals surface area contributed by atoms with Gasteiger partial charge < -0.3 is 0 Å². The van der Waals surface area contributed by atoms with Crippen molar-refractivity contribution in [2.24, 2.45) is 0 Å². The molecule has 0 aromatic heterocycles. The molecule has 0 heteroatoms. The molecule has 2 aromatic carbocycles. The highest BCUT2D eigenvalue weighted by atomic mass is 14.2. The third-order valence-electron chi connectivity index (χ3n) is 4.48. The van der Waals surface area contributed by atoms with Gasteiger partial charge in [-0.05, 0) is 98.5 Å². The zero-order valence-corrected chi connectivity index (χ0v) is 13.2. The highest BCUT2D eigenvalue weighted by Gasteiger charge is 2.13. The lowest BCUT2D eigenvalue weighted by Crippen LogP contribution is -1.98. The van der Waals surface area contributed by atoms with Gasteiger partial charge >= 0.3 is 0 Å². The van der Waals surface area contributed by atoms with Crippen molar-refractivity contribution in [1.29, 1.82) is 0 Å². The van der Waals surface area contributed by atoms with Gasteiger partial charge in [0.1, 0.15) is 0 Å². The van der Waals surface area contributed by atoms with Crippen LogP contribution in [0.1, 0.15) is 38.9 Å². The van der Waals surface area contributed by atoms with Crippen molar-refractivity contribution in [3.63, 3.8) is 0 Å². The van der Waals surface area contributed by atoms with Crippen molar-refractivity contribution in [1.82, 2.24) is 0 Å². The quantitative estimate of drug-likeness (QED) is 0.627. The second kappa shape index (κ2) is 4.85. The molecule has 0 fully saturated rings. The Morgan fingerprint density at radius 1 is 0.474 bits per heavy atom. The molecule has 100 valence electrons. The van der Waals surface area contributed by atoms with Gasteiger partial charge in [0.05, 0.1) is 0 Å². The van der Waals surface area contributed by atoms with Crippen molar-refractivity contribution in [3.05, 3.63) is 57.1 Å². The summed E-state index contributed by atoms with van der Waals surface area (Å²) >= 11 is 0. The van der Waals surface area contributed by atoms with Crippen molar-refractivity contribution >= 4 is 0 Å². The highest BCUT2D eigenvalue weighted by molar-refractivity contribution is 5.76. The van der Waals surface area contributed by atoms with Crippen LogP contribution in [-0.2, 0) is 0 Å². The summed E-state index contributed by atoms with van der Waals surface area (Å²) in [7, 11) is 0. The molecular weight excluding hydrogens is 228 g/mol. The van der Waals surface area contributed by atoms with E-state index in [2.05, 4.69) is 66.7 Å². The Kier molecular flexibility index (Phi) is 3.54. The average molecular weight is 252 g/mol. The fourth-order valence-corrected chi connectivity index (χ4v) is 2.85. The van der Waals surface area contributed by atoms with Crippen molar-refractivity contribution in [2.45, 2.75) is 48.5 Å². The van der Waals surface area contributed by atoms with Crippen LogP contribution in [0.3, 0.4) is 0 Å². The Morgan fingerprint density at radius 2 is 0.895 bits per heavy atom. The summed E-state index contributed by atoms with van der Waals surface area (Å²) in [6.45, 7) is 15.5. The van der Waals surface area contributed by atoms with Crippen LogP contribution in [0.15, 0.2) is 18.2 Å². The minimum atomic E-state index is 1.37. The Balaban J connectivity index is 2.83. The molecule has 0 radical (unpaired) electrons. The average Bonchev–Trinajstić information content (AvgIpc) is 2.33. The Hall–Kier alpha value is -1.56. The first-order chi connectivity index (χ1) is 8.82. The summed E-state index contributed by atoms with van der Waals surface area (Å²) in [5, 5.41) is 0. The van der Waals surface area contributed by atoms with Gasteiger partial charge in [0.25, 0.3) is 0 Å². The summed E-state index contributed by atoms with van der Waals surface area (Å²) in [5.41, 5.74) is 12.5. The van der Waals surface area contributed by atoms with Crippen LogP contribution < -0.4 is 0 Å². The molecule has 0 aliphatic heterocycles. The number of aryl methyl sites for hydroxylation is 5. The molecule has 0 aliphatic rings. The second-order valence-electron chi connectivity index (χ2n) is 5.89. The topological polar surface area (TPSA) is 0 Å². The predicted octanol–water partition coefficient (Wildman–Crippen LogP) is 5.51. The van der Waals surface area contributed by atoms with E-state index in [0.29, 0.717) is 0 Å². The zero-order valence-electron chi connectivity index (χ0n) is 13.2. The van der Waals surface area contributed by atoms with E-state index in [1.54, 1.807) is 0 Å². The maximum absolute atomic E-state index is 2.35. The zero-order chi connectivity index (χ0) is 14.3. The lowest BCUT2D eigenvalue weighted by molar-refractivity contribution is 1.23. The molecule has 0 saturated carbocycles. The standard InChI is InChI=1S/C19H24/c1-11-8-15(5)18(10-12(11)2)19-16(6)13(3)9-14(4)17(19)7/h8-10H,1-7H3. The number of benzene rings is 2. The molecule has 2 rings (SSSR count). The third-order valence-corrected chi connectivity index (χ3v) is 4.48. The van der Waals surface area contributed by atoms with Crippen LogP contribution in [0, 0.1) is 48.5 Å². The van der Waals surface area contributed by atoms with Gasteiger partial charge in [-0.3, -0.25) is 0 Å². The first kappa shape index (κ1) is 13.9. The van der Waals surface area contributed by atoms with Crippen LogP contribution in [0.4, 0.5) is 0 Å². The van der Waals surface area contributed by atoms with E-state index < -0.39 is 0 Å². The summed E-state index contributed by atoms with van der Waals surface area (Å²) in [5.74, 6) is 0. The largest absolute Gasteiger partial charge is 0.0558 e. The molecule has 0 nitrogen and oxygen atoms in total. The second-order valence-corrected chi connectivity index (χ2v) is 5.89. The molecule has 0 bridgehead atoms. The normalized spacial score (nSPS) is 10.9. The highest BCUT2D eigenvalue weighted by Crippen LogP contribution is 2.34. The first-order valence-electron chi connectivity index (χ1n) is 6.98. The van der Waals surface area contributed by atoms with E-state index >= 15 is 0 Å². The lowest BCUT2D eigenvalue weighted by atomic mass is 9.86. The van der Waals surface area contributed by atoms with Gasteiger partial charge in [0.15, 0.2) is 0 Å². The van der Waals surface area contributed by atoms with Gasteiger partial charge in [-0.2, -0.15) is 0 Å². The van der Waals surface area contributed by atoms with Gasteiger partial charge in [-0.25, -0.2) is 0 Å². The minimum absolute atomic E-state index is 1.37. The summed E-state index contributed by atoms with van der Waals surface area (Å²) in [6, 6.07) is 6.95. The molecule has 0 amide bonds. The fraction of sp³-hybridized carbons (Fsp3) is 0.368. The van der Waals surface area contributed by atoms with Gasteiger partial charge in [0.2, 0.25) is 0 Å². The first-order valence-corrected chi connectivity index (χ1v) is 6.98. The number of hydrogen-bond donors (Lipinski definition) is 0. The monoisotopic (exact) mass is 252 g/mol. The smallest absolute Gasteiger partial charge is 0.0117 e. The molecule has 0 aliphatic carbocycles. The molecular formula is C19H24.